The number of hydrogen-bond donors (Lipinski definition) is 1. The summed E-state index contributed by atoms with van der Waals surface area (Å²) in [5.41, 5.74) is 0.161. The van der Waals surface area contributed by atoms with Gasteiger partial charge in [0.15, 0.2) is 0 Å². The molecule has 6 nitrogen and oxygen atoms in total. The third-order valence-electron chi connectivity index (χ3n) is 1.75. The molecule has 1 aromatic rings. The van der Waals surface area contributed by atoms with E-state index in [4.69, 9.17) is 4.89 Å². The average molecular weight is 292 g/mol. The number of halogens is 1. The molecule has 1 N–H and O–H groups in total. The van der Waals surface area contributed by atoms with Crippen LogP contribution in [0.5, 0.6) is 5.75 Å². The van der Waals surface area contributed by atoms with Gasteiger partial charge in [-0.2, -0.15) is 0 Å². The smallest absolute Gasteiger partial charge is 0.271 e. The summed E-state index contributed by atoms with van der Waals surface area (Å²) in [6.07, 6.45) is 0. The van der Waals surface area contributed by atoms with E-state index in [1.807, 2.05) is 0 Å². The van der Waals surface area contributed by atoms with Gasteiger partial charge in [-0.15, -0.1) is 0 Å². The molecule has 16 heavy (non-hydrogen) atoms. The Balaban J connectivity index is 2.93. The highest BCUT2D eigenvalue weighted by Crippen LogP contribution is 2.32. The number of non-ortho nitro benzene ring substituents is 1. The Hall–Kier alpha value is -1.18. The minimum Gasteiger partial charge on any atom is -0.506 e. The zero-order valence-electron chi connectivity index (χ0n) is 8.47. The molecule has 1 rings (SSSR count). The van der Waals surface area contributed by atoms with Gasteiger partial charge in [-0.3, -0.25) is 10.1 Å². The van der Waals surface area contributed by atoms with Crippen LogP contribution in [0, 0.1) is 10.1 Å². The fourth-order valence-electron chi connectivity index (χ4n) is 1.04. The van der Waals surface area contributed by atoms with Crippen molar-refractivity contribution in [2.75, 3.05) is 6.61 Å². The van der Waals surface area contributed by atoms with Crippen molar-refractivity contribution in [1.29, 1.82) is 0 Å². The van der Waals surface area contributed by atoms with Gasteiger partial charge in [0, 0.05) is 17.7 Å². The van der Waals surface area contributed by atoms with Gasteiger partial charge >= 0.3 is 0 Å². The minimum atomic E-state index is -0.547. The molecule has 0 amide bonds. The lowest BCUT2D eigenvalue weighted by atomic mass is 10.2. The molecular formula is C9H10BrNO5. The van der Waals surface area contributed by atoms with Crippen molar-refractivity contribution in [3.8, 4) is 5.75 Å². The van der Waals surface area contributed by atoms with Gasteiger partial charge in [-0.05, 0) is 22.9 Å². The lowest BCUT2D eigenvalue weighted by Crippen LogP contribution is -1.97. The molecule has 0 fully saturated rings. The van der Waals surface area contributed by atoms with E-state index in [2.05, 4.69) is 20.8 Å². The van der Waals surface area contributed by atoms with Crippen LogP contribution >= 0.6 is 15.9 Å². The SMILES string of the molecule is CCOOCc1cc([N+](=O)[O-])cc(Br)c1O. The van der Waals surface area contributed by atoms with Crippen molar-refractivity contribution in [3.63, 3.8) is 0 Å². The fraction of sp³-hybridized carbons (Fsp3) is 0.333. The first kappa shape index (κ1) is 12.9. The summed E-state index contributed by atoms with van der Waals surface area (Å²) in [5, 5.41) is 20.2. The summed E-state index contributed by atoms with van der Waals surface area (Å²) in [6.45, 7) is 2.04. The van der Waals surface area contributed by atoms with Crippen molar-refractivity contribution < 1.29 is 19.8 Å². The highest BCUT2D eigenvalue weighted by Gasteiger charge is 2.14. The Morgan fingerprint density at radius 3 is 2.75 bits per heavy atom. The van der Waals surface area contributed by atoms with Gasteiger partial charge in [0.1, 0.15) is 12.4 Å². The Morgan fingerprint density at radius 1 is 1.50 bits per heavy atom. The number of nitro benzene ring substituents is 1. The zero-order valence-corrected chi connectivity index (χ0v) is 10.1. The molecule has 0 aliphatic rings. The largest absolute Gasteiger partial charge is 0.506 e. The maximum Gasteiger partial charge on any atom is 0.271 e. The molecule has 0 aliphatic heterocycles. The van der Waals surface area contributed by atoms with E-state index in [0.717, 1.165) is 0 Å². The highest BCUT2D eigenvalue weighted by atomic mass is 79.9. The standard InChI is InChI=1S/C9H10BrNO5/c1-2-15-16-5-6-3-7(11(13)14)4-8(10)9(6)12/h3-4,12H,2,5H2,1H3. The Labute approximate surface area is 100.0 Å². The predicted molar refractivity (Wildman–Crippen MR) is 58.9 cm³/mol. The van der Waals surface area contributed by atoms with Crippen LogP contribution in [0.2, 0.25) is 0 Å². The molecule has 1 aromatic carbocycles. The van der Waals surface area contributed by atoms with Crippen LogP contribution in [-0.4, -0.2) is 16.6 Å². The third-order valence-corrected chi connectivity index (χ3v) is 2.36. The number of nitro groups is 1. The molecule has 0 spiro atoms. The van der Waals surface area contributed by atoms with Gasteiger partial charge in [-0.1, -0.05) is 0 Å². The Kier molecular flexibility index (Phi) is 4.66. The molecule has 7 heteroatoms. The van der Waals surface area contributed by atoms with Crippen LogP contribution in [0.3, 0.4) is 0 Å². The normalized spacial score (nSPS) is 10.4. The van der Waals surface area contributed by atoms with E-state index < -0.39 is 4.92 Å². The molecule has 0 atom stereocenters. The summed E-state index contributed by atoms with van der Waals surface area (Å²) in [4.78, 5) is 19.4. The van der Waals surface area contributed by atoms with Crippen LogP contribution in [-0.2, 0) is 16.4 Å². The van der Waals surface area contributed by atoms with Crippen molar-refractivity contribution >= 4 is 21.6 Å². The molecule has 0 unspecified atom stereocenters. The third kappa shape index (κ3) is 3.16. The number of hydrogen-bond acceptors (Lipinski definition) is 5. The first-order chi connectivity index (χ1) is 7.56. The number of benzene rings is 1. The van der Waals surface area contributed by atoms with Crippen LogP contribution < -0.4 is 0 Å². The summed E-state index contributed by atoms with van der Waals surface area (Å²) < 4.78 is 0.247. The van der Waals surface area contributed by atoms with Crippen molar-refractivity contribution in [2.45, 2.75) is 13.5 Å². The quantitative estimate of drug-likeness (QED) is 0.390. The van der Waals surface area contributed by atoms with E-state index in [1.54, 1.807) is 6.92 Å². The lowest BCUT2D eigenvalue weighted by molar-refractivity contribution is -0.385. The van der Waals surface area contributed by atoms with Gasteiger partial charge in [-0.25, -0.2) is 9.78 Å². The summed E-state index contributed by atoms with van der Waals surface area (Å²) in [7, 11) is 0. The summed E-state index contributed by atoms with van der Waals surface area (Å²) in [5.74, 6) is -0.0923. The number of phenolic OH excluding ortho intramolecular Hbond substituents is 1. The van der Waals surface area contributed by atoms with Gasteiger partial charge in [0.05, 0.1) is 16.0 Å². The molecule has 88 valence electrons. The van der Waals surface area contributed by atoms with Gasteiger partial charge in [0.2, 0.25) is 0 Å². The topological polar surface area (TPSA) is 81.8 Å². The second-order valence-electron chi connectivity index (χ2n) is 2.86. The average Bonchev–Trinajstić information content (AvgIpc) is 2.24. The molecule has 0 saturated heterocycles. The van der Waals surface area contributed by atoms with Crippen LogP contribution in [0.1, 0.15) is 12.5 Å². The molecule has 0 aliphatic carbocycles. The zero-order chi connectivity index (χ0) is 12.1. The van der Waals surface area contributed by atoms with Crippen LogP contribution in [0.4, 0.5) is 5.69 Å². The van der Waals surface area contributed by atoms with Crippen LogP contribution in [0.25, 0.3) is 0 Å². The monoisotopic (exact) mass is 291 g/mol. The van der Waals surface area contributed by atoms with Crippen molar-refractivity contribution in [3.05, 3.63) is 32.3 Å². The Bertz CT molecular complexity index is 396. The summed E-state index contributed by atoms with van der Waals surface area (Å²) in [6, 6.07) is 2.46. The minimum absolute atomic E-state index is 0.0556. The predicted octanol–water partition coefficient (Wildman–Crippen LogP) is 2.53. The Morgan fingerprint density at radius 2 is 2.19 bits per heavy atom. The number of rotatable bonds is 5. The van der Waals surface area contributed by atoms with E-state index >= 15 is 0 Å². The van der Waals surface area contributed by atoms with Gasteiger partial charge in [0.25, 0.3) is 5.69 Å². The van der Waals surface area contributed by atoms with Crippen molar-refractivity contribution in [1.82, 2.24) is 0 Å². The molecule has 0 heterocycles. The van der Waals surface area contributed by atoms with E-state index in [9.17, 15) is 15.2 Å². The molecule has 0 bridgehead atoms. The van der Waals surface area contributed by atoms with E-state index in [-0.39, 0.29) is 28.1 Å². The maximum absolute atomic E-state index is 10.6. The number of nitrogens with zero attached hydrogens (tertiary/aromatic N) is 1. The first-order valence-corrected chi connectivity index (χ1v) is 5.25. The molecule has 0 saturated carbocycles. The lowest BCUT2D eigenvalue weighted by Gasteiger charge is -2.06. The molecular weight excluding hydrogens is 282 g/mol. The number of phenols is 1. The van der Waals surface area contributed by atoms with E-state index in [0.29, 0.717) is 6.61 Å². The van der Waals surface area contributed by atoms with Gasteiger partial charge < -0.3 is 5.11 Å². The molecule has 0 aromatic heterocycles. The maximum atomic E-state index is 10.6. The van der Waals surface area contributed by atoms with E-state index in [1.165, 1.54) is 12.1 Å². The molecule has 0 radical (unpaired) electrons. The number of aromatic hydroxyl groups is 1. The van der Waals surface area contributed by atoms with Crippen molar-refractivity contribution in [2.24, 2.45) is 0 Å². The second-order valence-corrected chi connectivity index (χ2v) is 3.72. The first-order valence-electron chi connectivity index (χ1n) is 4.46. The van der Waals surface area contributed by atoms with Crippen LogP contribution in [0.15, 0.2) is 16.6 Å². The fourth-order valence-corrected chi connectivity index (χ4v) is 1.53. The summed E-state index contributed by atoms with van der Waals surface area (Å²) >= 11 is 3.02. The second kappa shape index (κ2) is 5.78. The highest BCUT2D eigenvalue weighted by molar-refractivity contribution is 9.10.